The number of hydrogen-bond acceptors (Lipinski definition) is 6. The molecule has 0 amide bonds. The van der Waals surface area contributed by atoms with Gasteiger partial charge in [-0.05, 0) is 35.0 Å². The molecule has 2 heterocycles. The Hall–Kier alpha value is -2.86. The number of phenolic OH excluding ortho intramolecular Hbond substituents is 1. The van der Waals surface area contributed by atoms with Crippen LogP contribution >= 0.6 is 0 Å². The second kappa shape index (κ2) is 7.17. The van der Waals surface area contributed by atoms with Crippen molar-refractivity contribution in [3.63, 3.8) is 0 Å². The van der Waals surface area contributed by atoms with Gasteiger partial charge in [-0.25, -0.2) is 9.97 Å². The number of piperazine rings is 1. The lowest BCUT2D eigenvalue weighted by molar-refractivity contribution is 0.246. The first-order valence-electron chi connectivity index (χ1n) is 8.77. The van der Waals surface area contributed by atoms with Gasteiger partial charge in [0.05, 0.1) is 7.11 Å². The summed E-state index contributed by atoms with van der Waals surface area (Å²) in [4.78, 5) is 13.2. The van der Waals surface area contributed by atoms with Crippen molar-refractivity contribution >= 4 is 16.7 Å². The summed E-state index contributed by atoms with van der Waals surface area (Å²) in [5.41, 5.74) is 0.950. The summed E-state index contributed by atoms with van der Waals surface area (Å²) in [6.45, 7) is 4.26. The zero-order valence-corrected chi connectivity index (χ0v) is 14.8. The first kappa shape index (κ1) is 16.6. The first-order chi connectivity index (χ1) is 12.7. The molecule has 1 N–H and O–H groups in total. The van der Waals surface area contributed by atoms with Crippen LogP contribution < -0.4 is 9.64 Å². The van der Waals surface area contributed by atoms with Crippen LogP contribution in [0.25, 0.3) is 10.8 Å². The number of ether oxygens (including phenoxy) is 1. The minimum atomic E-state index is 0.333. The predicted octanol–water partition coefficient (Wildman–Crippen LogP) is 2.67. The smallest absolute Gasteiger partial charge is 0.225 e. The zero-order chi connectivity index (χ0) is 17.9. The van der Waals surface area contributed by atoms with Gasteiger partial charge in [0.2, 0.25) is 5.95 Å². The topological polar surface area (TPSA) is 61.7 Å². The van der Waals surface area contributed by atoms with Crippen molar-refractivity contribution < 1.29 is 9.84 Å². The summed E-state index contributed by atoms with van der Waals surface area (Å²) in [5, 5.41) is 12.6. The van der Waals surface area contributed by atoms with E-state index in [1.165, 1.54) is 0 Å². The molecule has 0 spiro atoms. The Kier molecular flexibility index (Phi) is 4.58. The Bertz CT molecular complexity index is 893. The van der Waals surface area contributed by atoms with Crippen LogP contribution in [-0.4, -0.2) is 53.3 Å². The van der Waals surface area contributed by atoms with Crippen LogP contribution in [0, 0.1) is 0 Å². The molecule has 1 aliphatic rings. The second-order valence-corrected chi connectivity index (χ2v) is 6.46. The van der Waals surface area contributed by atoms with E-state index in [-0.39, 0.29) is 0 Å². The minimum absolute atomic E-state index is 0.333. The lowest BCUT2D eigenvalue weighted by Crippen LogP contribution is -2.46. The molecule has 4 rings (SSSR count). The van der Waals surface area contributed by atoms with E-state index in [1.54, 1.807) is 25.6 Å². The molecular weight excluding hydrogens is 328 g/mol. The molecule has 1 aromatic heterocycles. The Morgan fingerprint density at radius 3 is 2.50 bits per heavy atom. The van der Waals surface area contributed by atoms with E-state index >= 15 is 0 Å². The Balaban J connectivity index is 1.52. The molecule has 3 aromatic rings. The lowest BCUT2D eigenvalue weighted by atomic mass is 10.0. The van der Waals surface area contributed by atoms with Crippen LogP contribution in [0.15, 0.2) is 48.8 Å². The summed E-state index contributed by atoms with van der Waals surface area (Å²) >= 11 is 0. The highest BCUT2D eigenvalue weighted by Crippen LogP contribution is 2.31. The molecule has 0 saturated carbocycles. The van der Waals surface area contributed by atoms with E-state index in [0.29, 0.717) is 12.3 Å². The summed E-state index contributed by atoms with van der Waals surface area (Å²) in [6.07, 6.45) is 3.55. The third-order valence-corrected chi connectivity index (χ3v) is 4.90. The van der Waals surface area contributed by atoms with Crippen LogP contribution in [0.1, 0.15) is 5.56 Å². The third-order valence-electron chi connectivity index (χ3n) is 4.90. The number of phenols is 1. The average molecular weight is 350 g/mol. The van der Waals surface area contributed by atoms with Gasteiger partial charge >= 0.3 is 0 Å². The molecule has 6 heteroatoms. The monoisotopic (exact) mass is 350 g/mol. The van der Waals surface area contributed by atoms with E-state index in [1.807, 2.05) is 30.3 Å². The third kappa shape index (κ3) is 3.28. The Morgan fingerprint density at radius 1 is 1.04 bits per heavy atom. The van der Waals surface area contributed by atoms with Crippen molar-refractivity contribution in [2.45, 2.75) is 6.54 Å². The summed E-state index contributed by atoms with van der Waals surface area (Å²) < 4.78 is 5.35. The van der Waals surface area contributed by atoms with Crippen LogP contribution in [0.4, 0.5) is 5.95 Å². The molecule has 134 valence electrons. The van der Waals surface area contributed by atoms with Crippen LogP contribution in [0.3, 0.4) is 0 Å². The van der Waals surface area contributed by atoms with Gasteiger partial charge in [-0.1, -0.05) is 12.1 Å². The Labute approximate surface area is 152 Å². The number of methoxy groups -OCH3 is 1. The molecule has 1 saturated heterocycles. The number of aromatic hydroxyl groups is 1. The SMILES string of the molecule is COc1ccc2ccc(O)c(CN3CCN(c4ncccn4)CC3)c2c1. The highest BCUT2D eigenvalue weighted by Gasteiger charge is 2.20. The van der Waals surface area contributed by atoms with Gasteiger partial charge < -0.3 is 14.7 Å². The van der Waals surface area contributed by atoms with E-state index in [2.05, 4.69) is 19.8 Å². The van der Waals surface area contributed by atoms with Crippen molar-refractivity contribution in [2.75, 3.05) is 38.2 Å². The molecule has 0 aliphatic carbocycles. The van der Waals surface area contributed by atoms with Crippen molar-refractivity contribution in [3.8, 4) is 11.5 Å². The highest BCUT2D eigenvalue weighted by atomic mass is 16.5. The van der Waals surface area contributed by atoms with Crippen LogP contribution in [0.2, 0.25) is 0 Å². The first-order valence-corrected chi connectivity index (χ1v) is 8.77. The summed E-state index contributed by atoms with van der Waals surface area (Å²) in [5.74, 6) is 1.92. The van der Waals surface area contributed by atoms with Gasteiger partial charge in [-0.3, -0.25) is 4.90 Å². The number of fused-ring (bicyclic) bond motifs is 1. The van der Waals surface area contributed by atoms with Crippen LogP contribution in [-0.2, 0) is 6.54 Å². The van der Waals surface area contributed by atoms with Gasteiger partial charge in [0.25, 0.3) is 0 Å². The number of benzene rings is 2. The molecule has 2 aromatic carbocycles. The normalized spacial score (nSPS) is 15.3. The molecule has 1 fully saturated rings. The van der Waals surface area contributed by atoms with Gasteiger partial charge in [0, 0.05) is 50.7 Å². The molecule has 1 aliphatic heterocycles. The van der Waals surface area contributed by atoms with Gasteiger partial charge in [-0.15, -0.1) is 0 Å². The average Bonchev–Trinajstić information content (AvgIpc) is 2.71. The van der Waals surface area contributed by atoms with Crippen molar-refractivity contribution in [1.82, 2.24) is 14.9 Å². The Morgan fingerprint density at radius 2 is 1.77 bits per heavy atom. The van der Waals surface area contributed by atoms with Crippen molar-refractivity contribution in [3.05, 3.63) is 54.4 Å². The second-order valence-electron chi connectivity index (χ2n) is 6.46. The molecule has 0 atom stereocenters. The molecule has 26 heavy (non-hydrogen) atoms. The number of nitrogens with zero attached hydrogens (tertiary/aromatic N) is 4. The van der Waals surface area contributed by atoms with Crippen LogP contribution in [0.5, 0.6) is 11.5 Å². The molecular formula is C20H22N4O2. The van der Waals surface area contributed by atoms with E-state index < -0.39 is 0 Å². The molecule has 0 bridgehead atoms. The fourth-order valence-electron chi connectivity index (χ4n) is 3.43. The quantitative estimate of drug-likeness (QED) is 0.781. The summed E-state index contributed by atoms with van der Waals surface area (Å²) in [6, 6.07) is 11.5. The maximum atomic E-state index is 10.4. The van der Waals surface area contributed by atoms with Gasteiger partial charge in [0.15, 0.2) is 0 Å². The lowest BCUT2D eigenvalue weighted by Gasteiger charge is -2.34. The van der Waals surface area contributed by atoms with Crippen molar-refractivity contribution in [2.24, 2.45) is 0 Å². The van der Waals surface area contributed by atoms with E-state index in [9.17, 15) is 5.11 Å². The van der Waals surface area contributed by atoms with Gasteiger partial charge in [-0.2, -0.15) is 0 Å². The minimum Gasteiger partial charge on any atom is -0.508 e. The maximum absolute atomic E-state index is 10.4. The van der Waals surface area contributed by atoms with Gasteiger partial charge in [0.1, 0.15) is 11.5 Å². The number of rotatable bonds is 4. The molecule has 0 unspecified atom stereocenters. The predicted molar refractivity (Wildman–Crippen MR) is 102 cm³/mol. The standard InChI is InChI=1S/C20H22N4O2/c1-26-16-5-3-15-4-6-19(25)18(17(15)13-16)14-23-9-11-24(12-10-23)20-21-7-2-8-22-20/h2-8,13,25H,9-12,14H2,1H3. The summed E-state index contributed by atoms with van der Waals surface area (Å²) in [7, 11) is 1.66. The maximum Gasteiger partial charge on any atom is 0.225 e. The van der Waals surface area contributed by atoms with Crippen molar-refractivity contribution in [1.29, 1.82) is 0 Å². The van der Waals surface area contributed by atoms with E-state index in [4.69, 9.17) is 4.74 Å². The highest BCUT2D eigenvalue weighted by molar-refractivity contribution is 5.88. The largest absolute Gasteiger partial charge is 0.508 e. The zero-order valence-electron chi connectivity index (χ0n) is 14.8. The fraction of sp³-hybridized carbons (Fsp3) is 0.300. The molecule has 6 nitrogen and oxygen atoms in total. The number of anilines is 1. The fourth-order valence-corrected chi connectivity index (χ4v) is 3.43. The number of hydrogen-bond donors (Lipinski definition) is 1. The molecule has 0 radical (unpaired) electrons. The van der Waals surface area contributed by atoms with E-state index in [0.717, 1.165) is 54.2 Å². The number of aromatic nitrogens is 2.